The minimum atomic E-state index is -0.518. The summed E-state index contributed by atoms with van der Waals surface area (Å²) < 4.78 is 11.4. The van der Waals surface area contributed by atoms with E-state index in [2.05, 4.69) is 28.9 Å². The van der Waals surface area contributed by atoms with Crippen molar-refractivity contribution < 1.29 is 14.6 Å². The highest BCUT2D eigenvalue weighted by molar-refractivity contribution is 7.17. The van der Waals surface area contributed by atoms with E-state index in [1.165, 1.54) is 10.1 Å². The number of thiophene rings is 1. The van der Waals surface area contributed by atoms with E-state index in [4.69, 9.17) is 9.47 Å². The lowest BCUT2D eigenvalue weighted by molar-refractivity contribution is 0.0182. The van der Waals surface area contributed by atoms with E-state index in [9.17, 15) is 5.11 Å². The molecule has 1 aromatic heterocycles. The van der Waals surface area contributed by atoms with Gasteiger partial charge in [0.15, 0.2) is 0 Å². The number of methoxy groups -OCH3 is 1. The lowest BCUT2D eigenvalue weighted by Crippen LogP contribution is -2.25. The minimum Gasteiger partial charge on any atom is -0.389 e. The van der Waals surface area contributed by atoms with Gasteiger partial charge in [-0.25, -0.2) is 0 Å². The number of rotatable bonds is 8. The maximum atomic E-state index is 9.76. The van der Waals surface area contributed by atoms with Crippen molar-refractivity contribution in [2.24, 2.45) is 0 Å². The van der Waals surface area contributed by atoms with Gasteiger partial charge in [-0.15, -0.1) is 11.3 Å². The molecular formula is C14H19NO3S. The molecule has 1 atom stereocenters. The van der Waals surface area contributed by atoms with E-state index >= 15 is 0 Å². The van der Waals surface area contributed by atoms with Crippen molar-refractivity contribution in [3.63, 3.8) is 0 Å². The van der Waals surface area contributed by atoms with Crippen LogP contribution < -0.4 is 5.32 Å². The number of nitrogens with one attached hydrogen (secondary N) is 1. The summed E-state index contributed by atoms with van der Waals surface area (Å²) in [7, 11) is 1.63. The molecule has 0 saturated heterocycles. The van der Waals surface area contributed by atoms with Crippen molar-refractivity contribution in [2.75, 3.05) is 38.8 Å². The van der Waals surface area contributed by atoms with Crippen molar-refractivity contribution in [1.29, 1.82) is 0 Å². The molecule has 19 heavy (non-hydrogen) atoms. The third-order valence-electron chi connectivity index (χ3n) is 2.74. The molecule has 2 rings (SSSR count). The van der Waals surface area contributed by atoms with Crippen LogP contribution in [0.15, 0.2) is 29.6 Å². The molecular weight excluding hydrogens is 262 g/mol. The molecule has 0 saturated carbocycles. The van der Waals surface area contributed by atoms with Gasteiger partial charge < -0.3 is 19.9 Å². The van der Waals surface area contributed by atoms with E-state index in [0.29, 0.717) is 26.4 Å². The fraction of sp³-hybridized carbons (Fsp3) is 0.429. The normalized spacial score (nSPS) is 12.7. The molecule has 0 aliphatic carbocycles. The molecule has 2 N–H and O–H groups in total. The van der Waals surface area contributed by atoms with Crippen molar-refractivity contribution in [3.8, 4) is 0 Å². The Kier molecular flexibility index (Phi) is 5.60. The summed E-state index contributed by atoms with van der Waals surface area (Å²) in [5.74, 6) is 0. The van der Waals surface area contributed by atoms with E-state index in [1.54, 1.807) is 18.4 Å². The van der Waals surface area contributed by atoms with Crippen LogP contribution in [0.4, 0.5) is 5.69 Å². The molecule has 1 aromatic carbocycles. The third-order valence-corrected chi connectivity index (χ3v) is 3.63. The van der Waals surface area contributed by atoms with E-state index in [-0.39, 0.29) is 0 Å². The molecule has 0 radical (unpaired) electrons. The van der Waals surface area contributed by atoms with Crippen LogP contribution in [0.2, 0.25) is 0 Å². The number of fused-ring (bicyclic) bond motifs is 1. The Morgan fingerprint density at radius 2 is 2.21 bits per heavy atom. The Morgan fingerprint density at radius 3 is 3.05 bits per heavy atom. The number of benzene rings is 1. The predicted octanol–water partition coefficient (Wildman–Crippen LogP) is 2.34. The third kappa shape index (κ3) is 4.47. The van der Waals surface area contributed by atoms with Gasteiger partial charge in [-0.1, -0.05) is 0 Å². The Balaban J connectivity index is 1.74. The van der Waals surface area contributed by atoms with Crippen LogP contribution in [0.1, 0.15) is 0 Å². The maximum Gasteiger partial charge on any atom is 0.0945 e. The number of aliphatic hydroxyl groups excluding tert-OH is 1. The van der Waals surface area contributed by atoms with Gasteiger partial charge >= 0.3 is 0 Å². The fourth-order valence-corrected chi connectivity index (χ4v) is 2.50. The molecule has 0 aliphatic heterocycles. The summed E-state index contributed by atoms with van der Waals surface area (Å²) >= 11 is 1.73. The Morgan fingerprint density at radius 1 is 1.32 bits per heavy atom. The summed E-state index contributed by atoms with van der Waals surface area (Å²) in [6, 6.07) is 8.29. The Hall–Kier alpha value is -1.14. The zero-order chi connectivity index (χ0) is 13.5. The topological polar surface area (TPSA) is 50.7 Å². The smallest absolute Gasteiger partial charge is 0.0945 e. The van der Waals surface area contributed by atoms with Crippen LogP contribution in [0, 0.1) is 0 Å². The standard InChI is InChI=1S/C14H19NO3S/c1-17-5-6-18-10-13(16)9-15-12-2-3-14-11(8-12)4-7-19-14/h2-4,7-8,13,15-16H,5-6,9-10H2,1H3. The average molecular weight is 281 g/mol. The number of anilines is 1. The van der Waals surface area contributed by atoms with E-state index in [0.717, 1.165) is 5.69 Å². The number of ether oxygens (including phenoxy) is 2. The van der Waals surface area contributed by atoms with Crippen molar-refractivity contribution in [2.45, 2.75) is 6.10 Å². The fourth-order valence-electron chi connectivity index (χ4n) is 1.73. The Labute approximate surface area is 117 Å². The van der Waals surface area contributed by atoms with Crippen molar-refractivity contribution >= 4 is 27.1 Å². The van der Waals surface area contributed by atoms with E-state index < -0.39 is 6.10 Å². The second-order valence-corrected chi connectivity index (χ2v) is 5.22. The first-order chi connectivity index (χ1) is 9.29. The van der Waals surface area contributed by atoms with Crippen LogP contribution in [0.5, 0.6) is 0 Å². The second-order valence-electron chi connectivity index (χ2n) is 4.28. The molecule has 1 unspecified atom stereocenters. The molecule has 1 heterocycles. The average Bonchev–Trinajstić information content (AvgIpc) is 2.89. The number of aliphatic hydroxyl groups is 1. The first kappa shape index (κ1) is 14.3. The zero-order valence-electron chi connectivity index (χ0n) is 11.0. The molecule has 0 spiro atoms. The molecule has 0 bridgehead atoms. The zero-order valence-corrected chi connectivity index (χ0v) is 11.8. The SMILES string of the molecule is COCCOCC(O)CNc1ccc2sccc2c1. The van der Waals surface area contributed by atoms with Gasteiger partial charge in [0.2, 0.25) is 0 Å². The van der Waals surface area contributed by atoms with Crippen LogP contribution in [0.25, 0.3) is 10.1 Å². The van der Waals surface area contributed by atoms with Crippen LogP contribution in [-0.2, 0) is 9.47 Å². The van der Waals surface area contributed by atoms with Gasteiger partial charge in [-0.3, -0.25) is 0 Å². The molecule has 104 valence electrons. The largest absolute Gasteiger partial charge is 0.389 e. The van der Waals surface area contributed by atoms with Crippen molar-refractivity contribution in [1.82, 2.24) is 0 Å². The first-order valence-corrected chi connectivity index (χ1v) is 7.13. The second kappa shape index (κ2) is 7.45. The van der Waals surface area contributed by atoms with Gasteiger partial charge in [0, 0.05) is 24.0 Å². The molecule has 4 nitrogen and oxygen atoms in total. The summed E-state index contributed by atoms with van der Waals surface area (Å²) in [5.41, 5.74) is 1.02. The molecule has 5 heteroatoms. The highest BCUT2D eigenvalue weighted by Gasteiger charge is 2.04. The summed E-state index contributed by atoms with van der Waals surface area (Å²) in [6.07, 6.45) is -0.518. The van der Waals surface area contributed by atoms with Gasteiger partial charge in [0.05, 0.1) is 25.9 Å². The van der Waals surface area contributed by atoms with Crippen LogP contribution >= 0.6 is 11.3 Å². The van der Waals surface area contributed by atoms with Crippen LogP contribution in [-0.4, -0.2) is 44.7 Å². The van der Waals surface area contributed by atoms with Crippen LogP contribution in [0.3, 0.4) is 0 Å². The summed E-state index contributed by atoms with van der Waals surface area (Å²) in [5, 5.41) is 16.3. The molecule has 0 fully saturated rings. The van der Waals surface area contributed by atoms with Gasteiger partial charge in [-0.2, -0.15) is 0 Å². The quantitative estimate of drug-likeness (QED) is 0.729. The lowest BCUT2D eigenvalue weighted by Gasteiger charge is -2.13. The molecule has 0 amide bonds. The first-order valence-electron chi connectivity index (χ1n) is 6.25. The predicted molar refractivity (Wildman–Crippen MR) is 79.0 cm³/mol. The minimum absolute atomic E-state index is 0.317. The van der Waals surface area contributed by atoms with Crippen molar-refractivity contribution in [3.05, 3.63) is 29.6 Å². The maximum absolute atomic E-state index is 9.76. The van der Waals surface area contributed by atoms with Gasteiger partial charge in [0.25, 0.3) is 0 Å². The molecule has 2 aromatic rings. The highest BCUT2D eigenvalue weighted by atomic mass is 32.1. The number of hydrogen-bond acceptors (Lipinski definition) is 5. The Bertz CT molecular complexity index is 500. The molecule has 0 aliphatic rings. The summed E-state index contributed by atoms with van der Waals surface area (Å²) in [4.78, 5) is 0. The summed E-state index contributed by atoms with van der Waals surface area (Å²) in [6.45, 7) is 1.85. The van der Waals surface area contributed by atoms with E-state index in [1.807, 2.05) is 6.07 Å². The number of hydrogen-bond donors (Lipinski definition) is 2. The van der Waals surface area contributed by atoms with Gasteiger partial charge in [-0.05, 0) is 35.0 Å². The highest BCUT2D eigenvalue weighted by Crippen LogP contribution is 2.23. The lowest BCUT2D eigenvalue weighted by atomic mass is 10.2. The van der Waals surface area contributed by atoms with Gasteiger partial charge in [0.1, 0.15) is 0 Å². The monoisotopic (exact) mass is 281 g/mol.